The number of carboxylic acid groups (broad SMARTS) is 1. The first-order valence-electron chi connectivity index (χ1n) is 3.20. The number of oxazole rings is 1. The van der Waals surface area contributed by atoms with Gasteiger partial charge in [-0.3, -0.25) is 0 Å². The van der Waals surface area contributed by atoms with Crippen molar-refractivity contribution < 1.29 is 19.4 Å². The molecular formula is C6H8N2O4. The quantitative estimate of drug-likeness (QED) is 0.559. The van der Waals surface area contributed by atoms with Crippen molar-refractivity contribution in [2.45, 2.75) is 6.04 Å². The van der Waals surface area contributed by atoms with E-state index in [-0.39, 0.29) is 18.2 Å². The van der Waals surface area contributed by atoms with E-state index >= 15 is 0 Å². The molecule has 6 nitrogen and oxygen atoms in total. The van der Waals surface area contributed by atoms with Gasteiger partial charge in [0.15, 0.2) is 5.69 Å². The van der Waals surface area contributed by atoms with Gasteiger partial charge in [-0.15, -0.1) is 0 Å². The van der Waals surface area contributed by atoms with Crippen LogP contribution >= 0.6 is 0 Å². The Bertz CT molecular complexity index is 283. The Kier molecular flexibility index (Phi) is 2.41. The number of rotatable bonds is 3. The van der Waals surface area contributed by atoms with Crippen LogP contribution in [-0.4, -0.2) is 27.8 Å². The van der Waals surface area contributed by atoms with Crippen LogP contribution in [0, 0.1) is 0 Å². The minimum Gasteiger partial charge on any atom is -0.476 e. The molecule has 1 heterocycles. The first-order chi connectivity index (χ1) is 5.65. The molecule has 0 amide bonds. The molecule has 12 heavy (non-hydrogen) atoms. The van der Waals surface area contributed by atoms with Gasteiger partial charge in [0.05, 0.1) is 6.61 Å². The van der Waals surface area contributed by atoms with Gasteiger partial charge in [0.25, 0.3) is 0 Å². The fraction of sp³-hybridized carbons (Fsp3) is 0.333. The van der Waals surface area contributed by atoms with Crippen LogP contribution in [0.5, 0.6) is 0 Å². The number of aliphatic hydroxyl groups excluding tert-OH is 1. The molecule has 0 unspecified atom stereocenters. The van der Waals surface area contributed by atoms with Gasteiger partial charge in [0, 0.05) is 0 Å². The molecule has 0 spiro atoms. The molecule has 1 aromatic heterocycles. The van der Waals surface area contributed by atoms with E-state index in [2.05, 4.69) is 4.98 Å². The SMILES string of the molecule is N[C@@H](CO)c1nc(C(=O)O)co1. The summed E-state index contributed by atoms with van der Waals surface area (Å²) in [6, 6.07) is -0.766. The molecule has 0 saturated heterocycles. The molecule has 0 aromatic carbocycles. The molecule has 1 aromatic rings. The second-order valence-corrected chi connectivity index (χ2v) is 2.17. The van der Waals surface area contributed by atoms with Crippen molar-refractivity contribution in [3.63, 3.8) is 0 Å². The molecule has 4 N–H and O–H groups in total. The summed E-state index contributed by atoms with van der Waals surface area (Å²) in [4.78, 5) is 13.8. The summed E-state index contributed by atoms with van der Waals surface area (Å²) < 4.78 is 4.70. The van der Waals surface area contributed by atoms with Crippen LogP contribution in [0.1, 0.15) is 22.4 Å². The topological polar surface area (TPSA) is 110 Å². The number of carbonyl (C=O) groups is 1. The largest absolute Gasteiger partial charge is 0.476 e. The predicted octanol–water partition coefficient (Wildman–Crippen LogP) is -0.635. The van der Waals surface area contributed by atoms with Gasteiger partial charge in [-0.1, -0.05) is 0 Å². The molecule has 0 fully saturated rings. The average Bonchev–Trinajstić information content (AvgIpc) is 2.51. The molecular weight excluding hydrogens is 164 g/mol. The Balaban J connectivity index is 2.84. The number of nitrogens with zero attached hydrogens (tertiary/aromatic N) is 1. The summed E-state index contributed by atoms with van der Waals surface area (Å²) in [6.07, 6.45) is 0.979. The van der Waals surface area contributed by atoms with Crippen molar-refractivity contribution in [2.75, 3.05) is 6.61 Å². The lowest BCUT2D eigenvalue weighted by atomic mass is 10.3. The third-order valence-corrected chi connectivity index (χ3v) is 1.25. The molecule has 66 valence electrons. The Labute approximate surface area is 67.6 Å². The fourth-order valence-corrected chi connectivity index (χ4v) is 0.634. The predicted molar refractivity (Wildman–Crippen MR) is 37.5 cm³/mol. The lowest BCUT2D eigenvalue weighted by Crippen LogP contribution is -2.15. The lowest BCUT2D eigenvalue weighted by molar-refractivity contribution is 0.0690. The number of hydrogen-bond donors (Lipinski definition) is 3. The Morgan fingerprint density at radius 2 is 2.50 bits per heavy atom. The van der Waals surface area contributed by atoms with Crippen LogP contribution in [-0.2, 0) is 0 Å². The van der Waals surface area contributed by atoms with Crippen molar-refractivity contribution >= 4 is 5.97 Å². The standard InChI is InChI=1S/C6H8N2O4/c7-3(1-9)5-8-4(2-12-5)6(10)11/h2-3,9H,1,7H2,(H,10,11)/t3-/m0/s1. The lowest BCUT2D eigenvalue weighted by Gasteiger charge is -1.99. The number of hydrogen-bond acceptors (Lipinski definition) is 5. The van der Waals surface area contributed by atoms with E-state index in [0.717, 1.165) is 6.26 Å². The summed E-state index contributed by atoms with van der Waals surface area (Å²) >= 11 is 0. The number of aromatic carboxylic acids is 1. The summed E-state index contributed by atoms with van der Waals surface area (Å²) in [5, 5.41) is 17.0. The van der Waals surface area contributed by atoms with Crippen LogP contribution < -0.4 is 5.73 Å². The third-order valence-electron chi connectivity index (χ3n) is 1.25. The second kappa shape index (κ2) is 3.33. The van der Waals surface area contributed by atoms with Crippen molar-refractivity contribution in [3.8, 4) is 0 Å². The zero-order valence-electron chi connectivity index (χ0n) is 6.10. The third kappa shape index (κ3) is 1.60. The van der Waals surface area contributed by atoms with Crippen molar-refractivity contribution in [2.24, 2.45) is 5.73 Å². The zero-order chi connectivity index (χ0) is 9.14. The Hall–Kier alpha value is -1.40. The first-order valence-corrected chi connectivity index (χ1v) is 3.20. The maximum absolute atomic E-state index is 10.3. The number of carboxylic acids is 1. The minimum atomic E-state index is -1.19. The molecule has 0 aliphatic rings. The maximum atomic E-state index is 10.3. The van der Waals surface area contributed by atoms with Crippen molar-refractivity contribution in [1.29, 1.82) is 0 Å². The van der Waals surface area contributed by atoms with Crippen LogP contribution in [0.15, 0.2) is 10.7 Å². The minimum absolute atomic E-state index is 0.0231. The highest BCUT2D eigenvalue weighted by atomic mass is 16.4. The number of aliphatic hydroxyl groups is 1. The van der Waals surface area contributed by atoms with E-state index in [1.54, 1.807) is 0 Å². The maximum Gasteiger partial charge on any atom is 0.357 e. The first kappa shape index (κ1) is 8.69. The molecule has 0 aliphatic carbocycles. The highest BCUT2D eigenvalue weighted by molar-refractivity contribution is 5.84. The zero-order valence-corrected chi connectivity index (χ0v) is 6.10. The van der Waals surface area contributed by atoms with Crippen molar-refractivity contribution in [1.82, 2.24) is 4.98 Å². The summed E-state index contributed by atoms with van der Waals surface area (Å²) in [7, 11) is 0. The molecule has 0 radical (unpaired) electrons. The molecule has 0 aliphatic heterocycles. The van der Waals surface area contributed by atoms with E-state index in [9.17, 15) is 4.79 Å². The van der Waals surface area contributed by atoms with E-state index < -0.39 is 12.0 Å². The normalized spacial score (nSPS) is 12.8. The van der Waals surface area contributed by atoms with Crippen molar-refractivity contribution in [3.05, 3.63) is 17.8 Å². The second-order valence-electron chi connectivity index (χ2n) is 2.17. The van der Waals surface area contributed by atoms with E-state index in [4.69, 9.17) is 20.4 Å². The van der Waals surface area contributed by atoms with Crippen LogP contribution in [0.2, 0.25) is 0 Å². The molecule has 1 atom stereocenters. The average molecular weight is 172 g/mol. The molecule has 0 bridgehead atoms. The van der Waals surface area contributed by atoms with Crippen LogP contribution in [0.4, 0.5) is 0 Å². The molecule has 0 saturated carbocycles. The van der Waals surface area contributed by atoms with E-state index in [0.29, 0.717) is 0 Å². The smallest absolute Gasteiger partial charge is 0.357 e. The molecule has 6 heteroatoms. The van der Waals surface area contributed by atoms with Gasteiger partial charge < -0.3 is 20.4 Å². The van der Waals surface area contributed by atoms with Gasteiger partial charge in [-0.25, -0.2) is 9.78 Å². The Morgan fingerprint density at radius 3 is 2.92 bits per heavy atom. The molecule has 1 rings (SSSR count). The van der Waals surface area contributed by atoms with Crippen LogP contribution in [0.25, 0.3) is 0 Å². The summed E-state index contributed by atoms with van der Waals surface area (Å²) in [5.41, 5.74) is 5.09. The Morgan fingerprint density at radius 1 is 1.83 bits per heavy atom. The summed E-state index contributed by atoms with van der Waals surface area (Å²) in [5.74, 6) is -1.16. The highest BCUT2D eigenvalue weighted by Crippen LogP contribution is 2.08. The van der Waals surface area contributed by atoms with E-state index in [1.165, 1.54) is 0 Å². The number of nitrogens with two attached hydrogens (primary N) is 1. The monoisotopic (exact) mass is 172 g/mol. The highest BCUT2D eigenvalue weighted by Gasteiger charge is 2.14. The van der Waals surface area contributed by atoms with Crippen LogP contribution in [0.3, 0.4) is 0 Å². The van der Waals surface area contributed by atoms with Gasteiger partial charge in [-0.2, -0.15) is 0 Å². The van der Waals surface area contributed by atoms with Gasteiger partial charge in [0.2, 0.25) is 5.89 Å². The van der Waals surface area contributed by atoms with Gasteiger partial charge in [0.1, 0.15) is 12.3 Å². The number of aromatic nitrogens is 1. The fourth-order valence-electron chi connectivity index (χ4n) is 0.634. The van der Waals surface area contributed by atoms with E-state index in [1.807, 2.05) is 0 Å². The summed E-state index contributed by atoms with van der Waals surface area (Å²) in [6.45, 7) is -0.334. The van der Waals surface area contributed by atoms with Gasteiger partial charge in [-0.05, 0) is 0 Å². The van der Waals surface area contributed by atoms with Gasteiger partial charge >= 0.3 is 5.97 Å².